The summed E-state index contributed by atoms with van der Waals surface area (Å²) in [6.07, 6.45) is 5.23. The first-order valence-electron chi connectivity index (χ1n) is 8.91. The van der Waals surface area contributed by atoms with Gasteiger partial charge in [-0.3, -0.25) is 9.78 Å². The number of pyridine rings is 1. The van der Waals surface area contributed by atoms with E-state index in [-0.39, 0.29) is 5.91 Å². The van der Waals surface area contributed by atoms with E-state index in [0.29, 0.717) is 6.54 Å². The van der Waals surface area contributed by atoms with Crippen molar-refractivity contribution in [2.24, 2.45) is 0 Å². The summed E-state index contributed by atoms with van der Waals surface area (Å²) in [7, 11) is 4.11. The van der Waals surface area contributed by atoms with Crippen LogP contribution in [0.5, 0.6) is 0 Å². The standard InChI is InChI=1S/C20H27N3O/c1-14-9-10-18-16(13-14)19(15-7-4-5-8-17(15)22-18)20(24)21-11-6-12-23(2)3/h9-10,13H,4-8,11-12H2,1-3H3,(H,21,24). The number of benzene rings is 1. The lowest BCUT2D eigenvalue weighted by atomic mass is 9.89. The van der Waals surface area contributed by atoms with Crippen molar-refractivity contribution in [3.63, 3.8) is 0 Å². The fraction of sp³-hybridized carbons (Fsp3) is 0.500. The fourth-order valence-corrected chi connectivity index (χ4v) is 3.48. The molecule has 0 bridgehead atoms. The molecule has 1 aromatic carbocycles. The summed E-state index contributed by atoms with van der Waals surface area (Å²) in [6.45, 7) is 3.76. The molecular formula is C20H27N3O. The van der Waals surface area contributed by atoms with E-state index in [9.17, 15) is 4.79 Å². The number of hydrogen-bond donors (Lipinski definition) is 1. The Morgan fingerprint density at radius 2 is 2.04 bits per heavy atom. The number of nitrogens with one attached hydrogen (secondary N) is 1. The van der Waals surface area contributed by atoms with Crippen LogP contribution in [0.4, 0.5) is 0 Å². The summed E-state index contributed by atoms with van der Waals surface area (Å²) in [4.78, 5) is 19.9. The van der Waals surface area contributed by atoms with Gasteiger partial charge in [0.1, 0.15) is 0 Å². The molecule has 4 heteroatoms. The van der Waals surface area contributed by atoms with E-state index in [1.807, 2.05) is 6.07 Å². The zero-order valence-electron chi connectivity index (χ0n) is 15.0. The molecule has 1 amide bonds. The van der Waals surface area contributed by atoms with Crippen LogP contribution in [0.1, 0.15) is 46.4 Å². The average Bonchev–Trinajstić information content (AvgIpc) is 2.56. The average molecular weight is 325 g/mol. The maximum Gasteiger partial charge on any atom is 0.252 e. The number of aromatic nitrogens is 1. The van der Waals surface area contributed by atoms with Gasteiger partial charge in [0, 0.05) is 17.6 Å². The van der Waals surface area contributed by atoms with Crippen LogP contribution in [0.2, 0.25) is 0 Å². The van der Waals surface area contributed by atoms with Crippen LogP contribution >= 0.6 is 0 Å². The largest absolute Gasteiger partial charge is 0.352 e. The molecule has 0 fully saturated rings. The smallest absolute Gasteiger partial charge is 0.252 e. The molecule has 1 aromatic heterocycles. The van der Waals surface area contributed by atoms with E-state index in [0.717, 1.165) is 54.4 Å². The SMILES string of the molecule is Cc1ccc2nc3c(c(C(=O)NCCCN(C)C)c2c1)CCCC3. The zero-order chi connectivity index (χ0) is 17.1. The van der Waals surface area contributed by atoms with Crippen LogP contribution in [-0.2, 0) is 12.8 Å². The number of carbonyl (C=O) groups excluding carboxylic acids is 1. The summed E-state index contributed by atoms with van der Waals surface area (Å²) >= 11 is 0. The van der Waals surface area contributed by atoms with Gasteiger partial charge < -0.3 is 10.2 Å². The van der Waals surface area contributed by atoms with E-state index < -0.39 is 0 Å². The minimum absolute atomic E-state index is 0.0601. The van der Waals surface area contributed by atoms with Gasteiger partial charge in [0.25, 0.3) is 5.91 Å². The molecule has 0 atom stereocenters. The molecule has 1 N–H and O–H groups in total. The van der Waals surface area contributed by atoms with Gasteiger partial charge in [-0.1, -0.05) is 11.6 Å². The van der Waals surface area contributed by atoms with E-state index >= 15 is 0 Å². The number of nitrogens with zero attached hydrogens (tertiary/aromatic N) is 2. The fourth-order valence-electron chi connectivity index (χ4n) is 3.48. The summed E-state index contributed by atoms with van der Waals surface area (Å²) < 4.78 is 0. The molecule has 1 aliphatic rings. The first-order chi connectivity index (χ1) is 11.6. The third-order valence-corrected chi connectivity index (χ3v) is 4.71. The lowest BCUT2D eigenvalue weighted by molar-refractivity contribution is 0.0952. The molecule has 24 heavy (non-hydrogen) atoms. The Balaban J connectivity index is 1.94. The van der Waals surface area contributed by atoms with Crippen molar-refractivity contribution in [2.75, 3.05) is 27.2 Å². The molecule has 1 heterocycles. The van der Waals surface area contributed by atoms with Gasteiger partial charge in [0.05, 0.1) is 11.1 Å². The van der Waals surface area contributed by atoms with Crippen molar-refractivity contribution in [3.8, 4) is 0 Å². The quantitative estimate of drug-likeness (QED) is 0.859. The number of hydrogen-bond acceptors (Lipinski definition) is 3. The van der Waals surface area contributed by atoms with E-state index in [4.69, 9.17) is 4.98 Å². The Labute approximate surface area is 144 Å². The number of rotatable bonds is 5. The van der Waals surface area contributed by atoms with Crippen molar-refractivity contribution in [3.05, 3.63) is 40.6 Å². The summed E-state index contributed by atoms with van der Waals surface area (Å²) in [5.74, 6) is 0.0601. The molecule has 4 nitrogen and oxygen atoms in total. The summed E-state index contributed by atoms with van der Waals surface area (Å²) in [5, 5.41) is 4.12. The minimum atomic E-state index is 0.0601. The van der Waals surface area contributed by atoms with Crippen molar-refractivity contribution in [2.45, 2.75) is 39.0 Å². The van der Waals surface area contributed by atoms with Gasteiger partial charge >= 0.3 is 0 Å². The van der Waals surface area contributed by atoms with Crippen LogP contribution in [-0.4, -0.2) is 43.0 Å². The van der Waals surface area contributed by atoms with Crippen LogP contribution in [0.25, 0.3) is 10.9 Å². The molecule has 0 saturated heterocycles. The van der Waals surface area contributed by atoms with E-state index in [2.05, 4.69) is 43.4 Å². The Kier molecular flexibility index (Phi) is 5.14. The van der Waals surface area contributed by atoms with Crippen LogP contribution in [0.3, 0.4) is 0 Å². The monoisotopic (exact) mass is 325 g/mol. The van der Waals surface area contributed by atoms with Crippen molar-refractivity contribution < 1.29 is 4.79 Å². The highest BCUT2D eigenvalue weighted by Gasteiger charge is 2.22. The Morgan fingerprint density at radius 3 is 2.83 bits per heavy atom. The van der Waals surface area contributed by atoms with E-state index in [1.54, 1.807) is 0 Å². The maximum atomic E-state index is 12.9. The number of fused-ring (bicyclic) bond motifs is 2. The lowest BCUT2D eigenvalue weighted by Gasteiger charge is -2.20. The first kappa shape index (κ1) is 16.9. The van der Waals surface area contributed by atoms with Crippen LogP contribution < -0.4 is 5.32 Å². The third kappa shape index (κ3) is 3.59. The molecule has 1 aliphatic carbocycles. The second kappa shape index (κ2) is 7.31. The third-order valence-electron chi connectivity index (χ3n) is 4.71. The second-order valence-corrected chi connectivity index (χ2v) is 7.05. The second-order valence-electron chi connectivity index (χ2n) is 7.05. The first-order valence-corrected chi connectivity index (χ1v) is 8.91. The number of aryl methyl sites for hydroxylation is 2. The molecule has 0 aliphatic heterocycles. The normalized spacial score (nSPS) is 14.0. The van der Waals surface area contributed by atoms with Crippen molar-refractivity contribution >= 4 is 16.8 Å². The highest BCUT2D eigenvalue weighted by molar-refractivity contribution is 6.07. The Hall–Kier alpha value is -1.94. The molecule has 0 saturated carbocycles. The highest BCUT2D eigenvalue weighted by atomic mass is 16.1. The lowest BCUT2D eigenvalue weighted by Crippen LogP contribution is -2.29. The predicted octanol–water partition coefficient (Wildman–Crippen LogP) is 3.10. The van der Waals surface area contributed by atoms with Gasteiger partial charge in [-0.2, -0.15) is 0 Å². The molecule has 0 unspecified atom stereocenters. The van der Waals surface area contributed by atoms with Gasteiger partial charge in [-0.05, 0) is 77.4 Å². The van der Waals surface area contributed by atoms with Gasteiger partial charge in [-0.15, -0.1) is 0 Å². The predicted molar refractivity (Wildman–Crippen MR) is 98.6 cm³/mol. The molecule has 2 aromatic rings. The Bertz CT molecular complexity index is 752. The highest BCUT2D eigenvalue weighted by Crippen LogP contribution is 2.29. The topological polar surface area (TPSA) is 45.2 Å². The zero-order valence-corrected chi connectivity index (χ0v) is 15.0. The van der Waals surface area contributed by atoms with Gasteiger partial charge in [0.2, 0.25) is 0 Å². The van der Waals surface area contributed by atoms with Crippen molar-refractivity contribution in [1.29, 1.82) is 0 Å². The van der Waals surface area contributed by atoms with E-state index in [1.165, 1.54) is 17.5 Å². The summed E-state index contributed by atoms with van der Waals surface area (Å²) in [5.41, 5.74) is 5.27. The summed E-state index contributed by atoms with van der Waals surface area (Å²) in [6, 6.07) is 6.22. The Morgan fingerprint density at radius 1 is 1.25 bits per heavy atom. The van der Waals surface area contributed by atoms with Gasteiger partial charge in [-0.25, -0.2) is 0 Å². The van der Waals surface area contributed by atoms with Gasteiger partial charge in [0.15, 0.2) is 0 Å². The van der Waals surface area contributed by atoms with Crippen LogP contribution in [0.15, 0.2) is 18.2 Å². The molecule has 128 valence electrons. The molecule has 0 radical (unpaired) electrons. The maximum absolute atomic E-state index is 12.9. The van der Waals surface area contributed by atoms with Crippen LogP contribution in [0, 0.1) is 6.92 Å². The molecule has 3 rings (SSSR count). The molecule has 0 spiro atoms. The molecular weight excluding hydrogens is 298 g/mol. The minimum Gasteiger partial charge on any atom is -0.352 e. The number of amides is 1. The van der Waals surface area contributed by atoms with Crippen molar-refractivity contribution in [1.82, 2.24) is 15.2 Å². The number of carbonyl (C=O) groups is 1.